The molecule has 0 spiro atoms. The number of carbonyl (C=O) groups is 1. The molecule has 0 aliphatic rings. The third-order valence-electron chi connectivity index (χ3n) is 2.41. The van der Waals surface area contributed by atoms with Crippen molar-refractivity contribution in [3.63, 3.8) is 0 Å². The molecule has 0 aliphatic carbocycles. The maximum atomic E-state index is 13.3. The van der Waals surface area contributed by atoms with Crippen LogP contribution in [0.15, 0.2) is 23.4 Å². The minimum absolute atomic E-state index is 0.234. The molecule has 0 aliphatic heterocycles. The summed E-state index contributed by atoms with van der Waals surface area (Å²) < 4.78 is 26.6. The average molecular weight is 257 g/mol. The number of hydrogen-bond acceptors (Lipinski definition) is 3. The highest BCUT2D eigenvalue weighted by Gasteiger charge is 2.23. The zero-order chi connectivity index (χ0) is 13.7. The van der Waals surface area contributed by atoms with E-state index in [4.69, 9.17) is 10.9 Å². The van der Waals surface area contributed by atoms with Crippen molar-refractivity contribution in [2.45, 2.75) is 13.3 Å². The smallest absolute Gasteiger partial charge is 0.235 e. The second kappa shape index (κ2) is 5.95. The molecule has 0 aromatic heterocycles. The lowest BCUT2D eigenvalue weighted by Crippen LogP contribution is -2.34. The van der Waals surface area contributed by atoms with E-state index in [1.807, 2.05) is 0 Å². The summed E-state index contributed by atoms with van der Waals surface area (Å²) in [6.45, 7) is 1.62. The van der Waals surface area contributed by atoms with Gasteiger partial charge >= 0.3 is 0 Å². The van der Waals surface area contributed by atoms with Crippen molar-refractivity contribution in [2.24, 2.45) is 16.8 Å². The van der Waals surface area contributed by atoms with Crippen LogP contribution >= 0.6 is 0 Å². The molecular weight excluding hydrogens is 244 g/mol. The predicted octanol–water partition coefficient (Wildman–Crippen LogP) is 1.68. The average Bonchev–Trinajstić information content (AvgIpc) is 2.34. The van der Waals surface area contributed by atoms with Crippen LogP contribution in [-0.4, -0.2) is 17.0 Å². The van der Waals surface area contributed by atoms with Gasteiger partial charge in [0.05, 0.1) is 5.92 Å². The van der Waals surface area contributed by atoms with Gasteiger partial charge < -0.3 is 16.3 Å². The molecule has 18 heavy (non-hydrogen) atoms. The molecule has 0 heterocycles. The lowest BCUT2D eigenvalue weighted by atomic mass is 10.0. The second-order valence-corrected chi connectivity index (χ2v) is 3.57. The van der Waals surface area contributed by atoms with Crippen LogP contribution in [-0.2, 0) is 4.79 Å². The summed E-state index contributed by atoms with van der Waals surface area (Å²) in [4.78, 5) is 11.7. The van der Waals surface area contributed by atoms with Crippen molar-refractivity contribution in [1.82, 2.24) is 0 Å². The topological polar surface area (TPSA) is 87.7 Å². The largest absolute Gasteiger partial charge is 0.409 e. The Bertz CT molecular complexity index is 457. The van der Waals surface area contributed by atoms with Crippen LogP contribution in [0.3, 0.4) is 0 Å². The SMILES string of the molecule is CCC(C(=O)Nc1c(F)cccc1F)C(N)=NO. The third kappa shape index (κ3) is 2.93. The molecule has 0 fully saturated rings. The van der Waals surface area contributed by atoms with Gasteiger partial charge in [-0.2, -0.15) is 0 Å². The third-order valence-corrected chi connectivity index (χ3v) is 2.41. The van der Waals surface area contributed by atoms with Crippen molar-refractivity contribution < 1.29 is 18.8 Å². The monoisotopic (exact) mass is 257 g/mol. The number of carbonyl (C=O) groups excluding carboxylic acids is 1. The summed E-state index contributed by atoms with van der Waals surface area (Å²) in [6, 6.07) is 3.22. The first kappa shape index (κ1) is 13.9. The van der Waals surface area contributed by atoms with E-state index in [2.05, 4.69) is 10.5 Å². The fourth-order valence-corrected chi connectivity index (χ4v) is 1.43. The van der Waals surface area contributed by atoms with E-state index < -0.39 is 29.1 Å². The van der Waals surface area contributed by atoms with E-state index in [-0.39, 0.29) is 12.3 Å². The Labute approximate surface area is 102 Å². The quantitative estimate of drug-likeness (QED) is 0.332. The number of halogens is 2. The van der Waals surface area contributed by atoms with Gasteiger partial charge in [0.1, 0.15) is 17.3 Å². The molecule has 0 radical (unpaired) electrons. The van der Waals surface area contributed by atoms with Crippen molar-refractivity contribution >= 4 is 17.4 Å². The second-order valence-electron chi connectivity index (χ2n) is 3.57. The Balaban J connectivity index is 2.94. The number of benzene rings is 1. The molecule has 1 aromatic rings. The summed E-state index contributed by atoms with van der Waals surface area (Å²) in [5, 5.41) is 13.3. The number of nitrogens with two attached hydrogens (primary N) is 1. The number of hydrogen-bond donors (Lipinski definition) is 3. The molecule has 5 nitrogen and oxygen atoms in total. The van der Waals surface area contributed by atoms with Gasteiger partial charge in [-0.1, -0.05) is 18.1 Å². The summed E-state index contributed by atoms with van der Waals surface area (Å²) in [5.41, 5.74) is 4.76. The zero-order valence-corrected chi connectivity index (χ0v) is 9.65. The highest BCUT2D eigenvalue weighted by atomic mass is 19.1. The van der Waals surface area contributed by atoms with Gasteiger partial charge in [-0.3, -0.25) is 4.79 Å². The molecule has 1 amide bonds. The molecule has 0 bridgehead atoms. The van der Waals surface area contributed by atoms with Crippen LogP contribution in [0.25, 0.3) is 0 Å². The maximum Gasteiger partial charge on any atom is 0.235 e. The number of oxime groups is 1. The zero-order valence-electron chi connectivity index (χ0n) is 9.65. The number of amides is 1. The Morgan fingerprint density at radius 2 is 2.06 bits per heavy atom. The van der Waals surface area contributed by atoms with Crippen molar-refractivity contribution in [3.05, 3.63) is 29.8 Å². The Morgan fingerprint density at radius 1 is 1.50 bits per heavy atom. The number of amidine groups is 1. The van der Waals surface area contributed by atoms with Crippen molar-refractivity contribution in [2.75, 3.05) is 5.32 Å². The minimum Gasteiger partial charge on any atom is -0.409 e. The Morgan fingerprint density at radius 3 is 2.50 bits per heavy atom. The first-order chi connectivity index (χ1) is 8.51. The van der Waals surface area contributed by atoms with Crippen LogP contribution in [0.2, 0.25) is 0 Å². The van der Waals surface area contributed by atoms with E-state index in [1.54, 1.807) is 6.92 Å². The first-order valence-corrected chi connectivity index (χ1v) is 5.23. The Kier molecular flexibility index (Phi) is 4.59. The molecule has 98 valence electrons. The number of nitrogens with one attached hydrogen (secondary N) is 1. The maximum absolute atomic E-state index is 13.3. The fourth-order valence-electron chi connectivity index (χ4n) is 1.43. The standard InChI is InChI=1S/C11H13F2N3O2/c1-2-6(10(14)16-18)11(17)15-9-7(12)4-3-5-8(9)13/h3-6,18H,2H2,1H3,(H2,14,16)(H,15,17). The van der Waals surface area contributed by atoms with Crippen molar-refractivity contribution in [3.8, 4) is 0 Å². The first-order valence-electron chi connectivity index (χ1n) is 5.23. The molecule has 7 heteroatoms. The lowest BCUT2D eigenvalue weighted by molar-refractivity contribution is -0.118. The van der Waals surface area contributed by atoms with Gasteiger partial charge in [0.15, 0.2) is 5.84 Å². The Hall–Kier alpha value is -2.18. The van der Waals surface area contributed by atoms with Crippen LogP contribution in [0.5, 0.6) is 0 Å². The number of nitrogens with zero attached hydrogens (tertiary/aromatic N) is 1. The highest BCUT2D eigenvalue weighted by Crippen LogP contribution is 2.19. The number of para-hydroxylation sites is 1. The molecule has 0 saturated carbocycles. The minimum atomic E-state index is -0.950. The van der Waals surface area contributed by atoms with E-state index in [9.17, 15) is 13.6 Å². The molecule has 1 atom stereocenters. The van der Waals surface area contributed by atoms with Gasteiger partial charge in [-0.05, 0) is 18.6 Å². The summed E-state index contributed by atoms with van der Waals surface area (Å²) in [7, 11) is 0. The van der Waals surface area contributed by atoms with Gasteiger partial charge in [-0.25, -0.2) is 8.78 Å². The fraction of sp³-hybridized carbons (Fsp3) is 0.273. The molecule has 1 rings (SSSR count). The number of anilines is 1. The molecule has 1 unspecified atom stereocenters. The lowest BCUT2D eigenvalue weighted by Gasteiger charge is -2.14. The molecular formula is C11H13F2N3O2. The van der Waals surface area contributed by atoms with Crippen LogP contribution in [0.4, 0.5) is 14.5 Å². The van der Waals surface area contributed by atoms with Crippen LogP contribution in [0, 0.1) is 17.6 Å². The summed E-state index contributed by atoms with van der Waals surface area (Å²) >= 11 is 0. The normalized spacial score (nSPS) is 13.2. The van der Waals surface area contributed by atoms with Gasteiger partial charge in [0.2, 0.25) is 5.91 Å². The summed E-state index contributed by atoms with van der Waals surface area (Å²) in [6.07, 6.45) is 0.234. The van der Waals surface area contributed by atoms with Crippen molar-refractivity contribution in [1.29, 1.82) is 0 Å². The molecule has 0 saturated heterocycles. The number of rotatable bonds is 4. The van der Waals surface area contributed by atoms with Gasteiger partial charge in [0, 0.05) is 0 Å². The molecule has 4 N–H and O–H groups in total. The van der Waals surface area contributed by atoms with E-state index >= 15 is 0 Å². The highest BCUT2D eigenvalue weighted by molar-refractivity contribution is 6.07. The van der Waals surface area contributed by atoms with Gasteiger partial charge in [0.25, 0.3) is 0 Å². The van der Waals surface area contributed by atoms with Gasteiger partial charge in [-0.15, -0.1) is 0 Å². The summed E-state index contributed by atoms with van der Waals surface area (Å²) in [5.74, 6) is -3.78. The predicted molar refractivity (Wildman–Crippen MR) is 62.2 cm³/mol. The van der Waals surface area contributed by atoms with E-state index in [0.29, 0.717) is 0 Å². The van der Waals surface area contributed by atoms with Crippen LogP contribution in [0.1, 0.15) is 13.3 Å². The van der Waals surface area contributed by atoms with E-state index in [1.165, 1.54) is 6.07 Å². The van der Waals surface area contributed by atoms with Crippen LogP contribution < -0.4 is 11.1 Å². The molecule has 1 aromatic carbocycles. The van der Waals surface area contributed by atoms with E-state index in [0.717, 1.165) is 12.1 Å².